The normalized spacial score (nSPS) is 13.0. The molecular formula is C13H20ClO2Si. The minimum Gasteiger partial charge on any atom is -0.389 e. The number of hydrogen-bond acceptors (Lipinski definition) is 2. The first kappa shape index (κ1) is 14.7. The summed E-state index contributed by atoms with van der Waals surface area (Å²) in [5.41, 5.74) is 1.04. The fourth-order valence-electron chi connectivity index (χ4n) is 1.54. The van der Waals surface area contributed by atoms with E-state index in [9.17, 15) is 0 Å². The zero-order valence-electron chi connectivity index (χ0n) is 10.7. The summed E-state index contributed by atoms with van der Waals surface area (Å²) in [4.78, 5) is 0. The fraction of sp³-hybridized carbons (Fsp3) is 0.538. The Labute approximate surface area is 111 Å². The van der Waals surface area contributed by atoms with E-state index in [4.69, 9.17) is 20.8 Å². The molecule has 2 nitrogen and oxygen atoms in total. The quantitative estimate of drug-likeness (QED) is 0.540. The summed E-state index contributed by atoms with van der Waals surface area (Å²) >= 11 is 5.88. The van der Waals surface area contributed by atoms with Crippen LogP contribution < -0.4 is 0 Å². The first-order valence-electron chi connectivity index (χ1n) is 6.09. The predicted octanol–water partition coefficient (Wildman–Crippen LogP) is 4.42. The maximum Gasteiger partial charge on any atom is 0.214 e. The largest absolute Gasteiger partial charge is 0.389 e. The third kappa shape index (κ3) is 4.80. The van der Waals surface area contributed by atoms with Crippen LogP contribution in [-0.2, 0) is 9.16 Å². The molecule has 0 aliphatic heterocycles. The lowest BCUT2D eigenvalue weighted by Crippen LogP contribution is -2.21. The summed E-state index contributed by atoms with van der Waals surface area (Å²) in [6, 6.07) is 9.87. The molecule has 17 heavy (non-hydrogen) atoms. The third-order valence-electron chi connectivity index (χ3n) is 2.52. The summed E-state index contributed by atoms with van der Waals surface area (Å²) in [6.07, 6.45) is -0.244. The van der Waals surface area contributed by atoms with E-state index in [2.05, 4.69) is 13.8 Å². The summed E-state index contributed by atoms with van der Waals surface area (Å²) in [5.74, 6) is 0. The molecule has 0 spiro atoms. The van der Waals surface area contributed by atoms with Gasteiger partial charge in [-0.05, 0) is 31.1 Å². The predicted molar refractivity (Wildman–Crippen MR) is 73.6 cm³/mol. The van der Waals surface area contributed by atoms with Crippen molar-refractivity contribution in [2.45, 2.75) is 39.1 Å². The van der Waals surface area contributed by atoms with Gasteiger partial charge in [-0.1, -0.05) is 37.6 Å². The molecule has 0 aliphatic carbocycles. The molecular weight excluding hydrogens is 252 g/mol. The Kier molecular flexibility index (Phi) is 6.81. The van der Waals surface area contributed by atoms with Crippen LogP contribution in [0.1, 0.15) is 32.6 Å². The van der Waals surface area contributed by atoms with Gasteiger partial charge in [0, 0.05) is 17.2 Å². The molecule has 0 aliphatic rings. The SMILES string of the molecule is CCOC(O[Si](CC)CC)c1ccc(Cl)cc1. The second-order valence-corrected chi connectivity index (χ2v) is 6.87. The lowest BCUT2D eigenvalue weighted by Gasteiger charge is -2.22. The number of hydrogen-bond donors (Lipinski definition) is 0. The molecule has 1 radical (unpaired) electrons. The monoisotopic (exact) mass is 271 g/mol. The average Bonchev–Trinajstić information content (AvgIpc) is 2.35. The van der Waals surface area contributed by atoms with Crippen molar-refractivity contribution in [2.75, 3.05) is 6.61 Å². The second kappa shape index (κ2) is 7.87. The molecule has 0 saturated heterocycles. The molecule has 1 aromatic rings. The highest BCUT2D eigenvalue weighted by Crippen LogP contribution is 2.23. The van der Waals surface area contributed by atoms with Crippen LogP contribution >= 0.6 is 11.6 Å². The first-order chi connectivity index (χ1) is 8.21. The van der Waals surface area contributed by atoms with Gasteiger partial charge in [0.2, 0.25) is 9.04 Å². The smallest absolute Gasteiger partial charge is 0.214 e. The number of rotatable bonds is 7. The van der Waals surface area contributed by atoms with E-state index in [1.165, 1.54) is 0 Å². The van der Waals surface area contributed by atoms with Crippen molar-refractivity contribution in [1.29, 1.82) is 0 Å². The molecule has 0 saturated carbocycles. The number of halogens is 1. The topological polar surface area (TPSA) is 18.5 Å². The number of ether oxygens (including phenoxy) is 1. The Hall–Kier alpha value is -0.353. The van der Waals surface area contributed by atoms with Gasteiger partial charge in [0.15, 0.2) is 6.29 Å². The molecule has 0 amide bonds. The maximum absolute atomic E-state index is 6.05. The molecule has 0 aromatic heterocycles. The van der Waals surface area contributed by atoms with Gasteiger partial charge in [0.25, 0.3) is 0 Å². The van der Waals surface area contributed by atoms with E-state index in [1.54, 1.807) is 0 Å². The van der Waals surface area contributed by atoms with Crippen LogP contribution in [0.3, 0.4) is 0 Å². The lowest BCUT2D eigenvalue weighted by atomic mass is 10.2. The molecule has 0 fully saturated rings. The number of benzene rings is 1. The Morgan fingerprint density at radius 3 is 2.18 bits per heavy atom. The molecule has 95 valence electrons. The van der Waals surface area contributed by atoms with Crippen molar-refractivity contribution in [3.05, 3.63) is 34.9 Å². The standard InChI is InChI=1S/C13H20ClO2Si/c1-4-15-13(16-17(5-2)6-3)11-7-9-12(14)10-8-11/h7-10,13H,4-6H2,1-3H3. The van der Waals surface area contributed by atoms with E-state index in [-0.39, 0.29) is 6.29 Å². The summed E-state index contributed by atoms with van der Waals surface area (Å²) in [5, 5.41) is 0.737. The molecule has 1 rings (SSSR count). The molecule has 4 heteroatoms. The van der Waals surface area contributed by atoms with Crippen LogP contribution in [0.5, 0.6) is 0 Å². The Morgan fingerprint density at radius 2 is 1.71 bits per heavy atom. The maximum atomic E-state index is 6.05. The van der Waals surface area contributed by atoms with Gasteiger partial charge in [0.05, 0.1) is 0 Å². The van der Waals surface area contributed by atoms with Crippen LogP contribution in [0.4, 0.5) is 0 Å². The van der Waals surface area contributed by atoms with Crippen LogP contribution in [0.25, 0.3) is 0 Å². The van der Waals surface area contributed by atoms with E-state index >= 15 is 0 Å². The zero-order valence-corrected chi connectivity index (χ0v) is 12.5. The lowest BCUT2D eigenvalue weighted by molar-refractivity contribution is -0.0817. The Balaban J connectivity index is 2.73. The van der Waals surface area contributed by atoms with Crippen LogP contribution in [0.15, 0.2) is 24.3 Å². The second-order valence-electron chi connectivity index (χ2n) is 3.70. The van der Waals surface area contributed by atoms with Crippen molar-refractivity contribution >= 4 is 20.6 Å². The van der Waals surface area contributed by atoms with E-state index < -0.39 is 9.04 Å². The Bertz CT molecular complexity index is 312. The van der Waals surface area contributed by atoms with Crippen molar-refractivity contribution in [3.8, 4) is 0 Å². The van der Waals surface area contributed by atoms with Gasteiger partial charge in [-0.3, -0.25) is 0 Å². The van der Waals surface area contributed by atoms with Crippen molar-refractivity contribution in [2.24, 2.45) is 0 Å². The van der Waals surface area contributed by atoms with E-state index in [1.807, 2.05) is 31.2 Å². The minimum atomic E-state index is -0.759. The van der Waals surface area contributed by atoms with Gasteiger partial charge < -0.3 is 9.16 Å². The average molecular weight is 272 g/mol. The van der Waals surface area contributed by atoms with E-state index in [0.29, 0.717) is 6.61 Å². The molecule has 1 aromatic carbocycles. The van der Waals surface area contributed by atoms with Gasteiger partial charge >= 0.3 is 0 Å². The highest BCUT2D eigenvalue weighted by molar-refractivity contribution is 6.51. The van der Waals surface area contributed by atoms with Crippen LogP contribution in [-0.4, -0.2) is 15.6 Å². The fourth-order valence-corrected chi connectivity index (χ4v) is 3.00. The zero-order chi connectivity index (χ0) is 12.7. The highest BCUT2D eigenvalue weighted by atomic mass is 35.5. The molecule has 1 unspecified atom stereocenters. The van der Waals surface area contributed by atoms with Crippen LogP contribution in [0.2, 0.25) is 17.1 Å². The van der Waals surface area contributed by atoms with Gasteiger partial charge in [-0.2, -0.15) is 0 Å². The summed E-state index contributed by atoms with van der Waals surface area (Å²) in [6.45, 7) is 6.97. The highest BCUT2D eigenvalue weighted by Gasteiger charge is 2.18. The van der Waals surface area contributed by atoms with E-state index in [0.717, 1.165) is 22.7 Å². The van der Waals surface area contributed by atoms with Crippen LogP contribution in [0, 0.1) is 0 Å². The van der Waals surface area contributed by atoms with Crippen molar-refractivity contribution in [3.63, 3.8) is 0 Å². The summed E-state index contributed by atoms with van der Waals surface area (Å²) in [7, 11) is -0.759. The molecule has 1 atom stereocenters. The summed E-state index contributed by atoms with van der Waals surface area (Å²) < 4.78 is 11.7. The molecule has 0 bridgehead atoms. The first-order valence-corrected chi connectivity index (χ1v) is 8.29. The molecule has 0 N–H and O–H groups in total. The van der Waals surface area contributed by atoms with Crippen molar-refractivity contribution in [1.82, 2.24) is 0 Å². The molecule has 0 heterocycles. The van der Waals surface area contributed by atoms with Gasteiger partial charge in [-0.25, -0.2) is 0 Å². The Morgan fingerprint density at radius 1 is 1.12 bits per heavy atom. The third-order valence-corrected chi connectivity index (χ3v) is 4.90. The van der Waals surface area contributed by atoms with Gasteiger partial charge in [0.1, 0.15) is 0 Å². The van der Waals surface area contributed by atoms with Crippen molar-refractivity contribution < 1.29 is 9.16 Å². The van der Waals surface area contributed by atoms with Gasteiger partial charge in [-0.15, -0.1) is 0 Å². The minimum absolute atomic E-state index is 0.244.